The quantitative estimate of drug-likeness (QED) is 0.272. The van der Waals surface area contributed by atoms with Crippen LogP contribution in [0.3, 0.4) is 0 Å². The van der Waals surface area contributed by atoms with Gasteiger partial charge < -0.3 is 20.6 Å². The van der Waals surface area contributed by atoms with E-state index in [1.54, 1.807) is 0 Å². The third kappa shape index (κ3) is 6.71. The molecule has 2 aliphatic rings. The summed E-state index contributed by atoms with van der Waals surface area (Å²) in [6, 6.07) is 8.46. The van der Waals surface area contributed by atoms with Crippen molar-refractivity contribution in [3.8, 4) is 0 Å². The number of pyridine rings is 1. The van der Waals surface area contributed by atoms with E-state index in [-0.39, 0.29) is 11.4 Å². The lowest BCUT2D eigenvalue weighted by Crippen LogP contribution is -2.45. The predicted octanol–water partition coefficient (Wildman–Crippen LogP) is 3.67. The second-order valence-electron chi connectivity index (χ2n) is 10.3. The van der Waals surface area contributed by atoms with Gasteiger partial charge in [0.2, 0.25) is 10.0 Å². The van der Waals surface area contributed by atoms with Gasteiger partial charge in [0.05, 0.1) is 4.90 Å². The van der Waals surface area contributed by atoms with Gasteiger partial charge in [-0.3, -0.25) is 4.79 Å². The summed E-state index contributed by atoms with van der Waals surface area (Å²) in [6.07, 6.45) is 6.15. The SMILES string of the molecule is CCc1c(NC[C@H](NS(=O)(=O)c2ccc(Cl)cc2)C(=O)O)ncnc1N1CCC(c2ccc3c(n2)NCCC3)CC1. The minimum Gasteiger partial charge on any atom is -0.480 e. The summed E-state index contributed by atoms with van der Waals surface area (Å²) in [5, 5.41) is 16.6. The van der Waals surface area contributed by atoms with Gasteiger partial charge in [-0.05, 0) is 68.0 Å². The first kappa shape index (κ1) is 29.0. The number of carboxylic acids is 1. The average molecular weight is 600 g/mol. The van der Waals surface area contributed by atoms with Crippen molar-refractivity contribution in [1.29, 1.82) is 0 Å². The Balaban J connectivity index is 1.25. The third-order valence-electron chi connectivity index (χ3n) is 7.60. The summed E-state index contributed by atoms with van der Waals surface area (Å²) in [5.41, 5.74) is 3.26. The highest BCUT2D eigenvalue weighted by Gasteiger charge is 2.28. The Labute approximate surface area is 244 Å². The Morgan fingerprint density at radius 1 is 1.17 bits per heavy atom. The first-order valence-electron chi connectivity index (χ1n) is 13.8. The van der Waals surface area contributed by atoms with Crippen LogP contribution in [-0.4, -0.2) is 66.7 Å². The number of piperidine rings is 1. The smallest absolute Gasteiger partial charge is 0.323 e. The van der Waals surface area contributed by atoms with Gasteiger partial charge in [0.15, 0.2) is 0 Å². The van der Waals surface area contributed by atoms with Gasteiger partial charge in [0, 0.05) is 48.4 Å². The first-order chi connectivity index (χ1) is 19.7. The van der Waals surface area contributed by atoms with Crippen LogP contribution < -0.4 is 20.3 Å². The van der Waals surface area contributed by atoms with E-state index in [4.69, 9.17) is 16.6 Å². The molecule has 0 spiro atoms. The van der Waals surface area contributed by atoms with Crippen LogP contribution >= 0.6 is 11.6 Å². The van der Waals surface area contributed by atoms with Crippen LogP contribution in [0.25, 0.3) is 0 Å². The van der Waals surface area contributed by atoms with E-state index in [9.17, 15) is 18.3 Å². The number of hydrogen-bond acceptors (Lipinski definition) is 9. The van der Waals surface area contributed by atoms with Crippen molar-refractivity contribution in [3.63, 3.8) is 0 Å². The molecule has 0 radical (unpaired) electrons. The number of aryl methyl sites for hydroxylation is 1. The monoisotopic (exact) mass is 599 g/mol. The van der Waals surface area contributed by atoms with Gasteiger partial charge in [0.25, 0.3) is 0 Å². The van der Waals surface area contributed by atoms with Crippen LogP contribution in [0.5, 0.6) is 0 Å². The first-order valence-corrected chi connectivity index (χ1v) is 15.7. The zero-order chi connectivity index (χ0) is 29.0. The van der Waals surface area contributed by atoms with Gasteiger partial charge in [-0.1, -0.05) is 24.6 Å². The standard InChI is InChI=1S/C28H34ClN7O4S/c1-2-22-26(31-16-24(28(37)38)35-41(39,40)21-8-6-20(29)7-9-21)32-17-33-27(22)36-14-11-18(12-15-36)23-10-5-19-4-3-13-30-25(19)34-23/h5-10,17-18,24,35H,2-4,11-16H2,1H3,(H,30,34)(H,37,38)(H,31,32,33)/t24-/m0/s1. The lowest BCUT2D eigenvalue weighted by atomic mass is 9.92. The second-order valence-corrected chi connectivity index (χ2v) is 12.4. The Kier molecular flexibility index (Phi) is 8.91. The molecule has 4 heterocycles. The fraction of sp³-hybridized carbons (Fsp3) is 0.429. The summed E-state index contributed by atoms with van der Waals surface area (Å²) in [5.74, 6) is 1.37. The number of benzene rings is 1. The largest absolute Gasteiger partial charge is 0.480 e. The van der Waals surface area contributed by atoms with Crippen LogP contribution in [0.15, 0.2) is 47.6 Å². The van der Waals surface area contributed by atoms with Crippen molar-refractivity contribution >= 4 is 45.0 Å². The number of hydrogen-bond donors (Lipinski definition) is 4. The van der Waals surface area contributed by atoms with Crippen molar-refractivity contribution in [2.45, 2.75) is 55.9 Å². The van der Waals surface area contributed by atoms with Crippen LogP contribution in [0, 0.1) is 0 Å². The molecule has 2 aromatic heterocycles. The number of aromatic nitrogens is 3. The molecule has 13 heteroatoms. The molecule has 1 atom stereocenters. The van der Waals surface area contributed by atoms with Crippen LogP contribution in [0.1, 0.15) is 48.9 Å². The van der Waals surface area contributed by atoms with Crippen molar-refractivity contribution in [2.24, 2.45) is 0 Å². The molecule has 4 N–H and O–H groups in total. The van der Waals surface area contributed by atoms with Gasteiger partial charge >= 0.3 is 5.97 Å². The number of rotatable bonds is 10. The van der Waals surface area contributed by atoms with E-state index in [0.29, 0.717) is 23.2 Å². The fourth-order valence-corrected chi connectivity index (χ4v) is 6.67. The maximum absolute atomic E-state index is 12.8. The highest BCUT2D eigenvalue weighted by Crippen LogP contribution is 2.33. The Morgan fingerprint density at radius 2 is 1.93 bits per heavy atom. The van der Waals surface area contributed by atoms with Gasteiger partial charge in [-0.2, -0.15) is 4.72 Å². The van der Waals surface area contributed by atoms with Gasteiger partial charge in [0.1, 0.15) is 29.8 Å². The maximum atomic E-state index is 12.8. The summed E-state index contributed by atoms with van der Waals surface area (Å²) in [7, 11) is -4.08. The molecule has 0 unspecified atom stereocenters. The van der Waals surface area contributed by atoms with Crippen LogP contribution in [0.2, 0.25) is 5.02 Å². The van der Waals surface area contributed by atoms with E-state index in [1.807, 2.05) is 6.92 Å². The van der Waals surface area contributed by atoms with Crippen LogP contribution in [-0.2, 0) is 27.7 Å². The normalized spacial score (nSPS) is 16.5. The van der Waals surface area contributed by atoms with Gasteiger partial charge in [-0.25, -0.2) is 23.4 Å². The number of halogens is 1. The Morgan fingerprint density at radius 3 is 2.63 bits per heavy atom. The topological polar surface area (TPSA) is 149 Å². The van der Waals surface area contributed by atoms with E-state index < -0.39 is 22.0 Å². The number of anilines is 3. The summed E-state index contributed by atoms with van der Waals surface area (Å²) in [6.45, 7) is 4.36. The highest BCUT2D eigenvalue weighted by atomic mass is 35.5. The molecule has 218 valence electrons. The lowest BCUT2D eigenvalue weighted by molar-refractivity contribution is -0.138. The number of nitrogens with zero attached hydrogens (tertiary/aromatic N) is 4. The molecule has 1 aromatic carbocycles. The van der Waals surface area contributed by atoms with E-state index >= 15 is 0 Å². The summed E-state index contributed by atoms with van der Waals surface area (Å²) < 4.78 is 27.8. The molecule has 0 bridgehead atoms. The van der Waals surface area contributed by atoms with E-state index in [0.717, 1.165) is 68.2 Å². The average Bonchev–Trinajstić information content (AvgIpc) is 2.99. The minimum atomic E-state index is -4.08. The molecule has 0 saturated carbocycles. The van der Waals surface area contributed by atoms with Crippen molar-refractivity contribution < 1.29 is 18.3 Å². The van der Waals surface area contributed by atoms with Crippen molar-refractivity contribution in [2.75, 3.05) is 41.7 Å². The number of sulfonamides is 1. The number of fused-ring (bicyclic) bond motifs is 1. The molecule has 41 heavy (non-hydrogen) atoms. The number of carboxylic acid groups (broad SMARTS) is 1. The zero-order valence-electron chi connectivity index (χ0n) is 22.8. The van der Waals surface area contributed by atoms with Crippen LogP contribution in [0.4, 0.5) is 17.5 Å². The Bertz CT molecular complexity index is 1500. The lowest BCUT2D eigenvalue weighted by Gasteiger charge is -2.34. The predicted molar refractivity (Wildman–Crippen MR) is 158 cm³/mol. The van der Waals surface area contributed by atoms with E-state index in [2.05, 4.69) is 42.4 Å². The van der Waals surface area contributed by atoms with Crippen molar-refractivity contribution in [3.05, 3.63) is 64.6 Å². The summed E-state index contributed by atoms with van der Waals surface area (Å²) in [4.78, 5) is 27.9. The van der Waals surface area contributed by atoms with Crippen molar-refractivity contribution in [1.82, 2.24) is 19.7 Å². The van der Waals surface area contributed by atoms with E-state index in [1.165, 1.54) is 36.2 Å². The molecular weight excluding hydrogens is 566 g/mol. The molecule has 2 aliphatic heterocycles. The number of nitrogens with one attached hydrogen (secondary N) is 3. The second kappa shape index (κ2) is 12.6. The minimum absolute atomic E-state index is 0.0722. The number of carbonyl (C=O) groups is 1. The molecule has 5 rings (SSSR count). The highest BCUT2D eigenvalue weighted by molar-refractivity contribution is 7.89. The number of aliphatic carboxylic acids is 1. The third-order valence-corrected chi connectivity index (χ3v) is 9.34. The molecule has 1 fully saturated rings. The maximum Gasteiger partial charge on any atom is 0.323 e. The molecule has 3 aromatic rings. The fourth-order valence-electron chi connectivity index (χ4n) is 5.36. The zero-order valence-corrected chi connectivity index (χ0v) is 24.4. The molecule has 1 saturated heterocycles. The molecule has 0 aliphatic carbocycles. The molecular formula is C28H34ClN7O4S. The summed E-state index contributed by atoms with van der Waals surface area (Å²) >= 11 is 5.85. The molecule has 0 amide bonds. The molecule has 11 nitrogen and oxygen atoms in total. The Hall–Kier alpha value is -3.48. The van der Waals surface area contributed by atoms with Gasteiger partial charge in [-0.15, -0.1) is 0 Å².